The Bertz CT molecular complexity index is 681. The van der Waals surface area contributed by atoms with Crippen molar-refractivity contribution in [1.82, 2.24) is 9.80 Å². The largest absolute Gasteiger partial charge is 0.340 e. The average Bonchev–Trinajstić information content (AvgIpc) is 2.64. The molecule has 0 saturated carbocycles. The van der Waals surface area contributed by atoms with Crippen LogP contribution in [0.5, 0.6) is 0 Å². The van der Waals surface area contributed by atoms with Crippen LogP contribution in [0.25, 0.3) is 0 Å². The van der Waals surface area contributed by atoms with Gasteiger partial charge < -0.3 is 4.90 Å². The minimum Gasteiger partial charge on any atom is -0.340 e. The lowest BCUT2D eigenvalue weighted by atomic mass is 10.1. The fraction of sp³-hybridized carbons (Fsp3) is 0.350. The number of hydrogen-bond acceptors (Lipinski definition) is 2. The van der Waals surface area contributed by atoms with Crippen LogP contribution in [-0.2, 0) is 11.2 Å². The SMILES string of the molecule is CC(c1ccccc1)N1CCN(C(=O)Cc2ccccc2Br)CC1. The first-order valence-electron chi connectivity index (χ1n) is 8.45. The molecule has 126 valence electrons. The van der Waals surface area contributed by atoms with Crippen LogP contribution < -0.4 is 0 Å². The van der Waals surface area contributed by atoms with Gasteiger partial charge in [-0.2, -0.15) is 0 Å². The first-order valence-corrected chi connectivity index (χ1v) is 9.24. The van der Waals surface area contributed by atoms with Crippen LogP contribution in [0.4, 0.5) is 0 Å². The van der Waals surface area contributed by atoms with Crippen LogP contribution >= 0.6 is 15.9 Å². The summed E-state index contributed by atoms with van der Waals surface area (Å²) < 4.78 is 1.01. The van der Waals surface area contributed by atoms with Crippen LogP contribution in [0.1, 0.15) is 24.1 Å². The van der Waals surface area contributed by atoms with E-state index in [4.69, 9.17) is 0 Å². The summed E-state index contributed by atoms with van der Waals surface area (Å²) in [5, 5.41) is 0. The highest BCUT2D eigenvalue weighted by Crippen LogP contribution is 2.22. The molecule has 0 radical (unpaired) electrons. The summed E-state index contributed by atoms with van der Waals surface area (Å²) in [5.74, 6) is 0.217. The van der Waals surface area contributed by atoms with Crippen LogP contribution in [0.2, 0.25) is 0 Å². The highest BCUT2D eigenvalue weighted by atomic mass is 79.9. The fourth-order valence-electron chi connectivity index (χ4n) is 3.22. The molecule has 0 aromatic heterocycles. The molecule has 0 N–H and O–H groups in total. The van der Waals surface area contributed by atoms with Gasteiger partial charge in [0.1, 0.15) is 0 Å². The summed E-state index contributed by atoms with van der Waals surface area (Å²) in [6.07, 6.45) is 0.468. The predicted molar refractivity (Wildman–Crippen MR) is 101 cm³/mol. The van der Waals surface area contributed by atoms with Gasteiger partial charge in [-0.1, -0.05) is 64.5 Å². The van der Waals surface area contributed by atoms with Gasteiger partial charge >= 0.3 is 0 Å². The quantitative estimate of drug-likeness (QED) is 0.795. The van der Waals surface area contributed by atoms with Gasteiger partial charge in [0.15, 0.2) is 0 Å². The molecule has 1 aliphatic rings. The molecule has 0 aliphatic carbocycles. The Morgan fingerprint density at radius 2 is 1.62 bits per heavy atom. The molecule has 1 amide bonds. The molecule has 1 aliphatic heterocycles. The average molecular weight is 387 g/mol. The van der Waals surface area contributed by atoms with E-state index in [0.717, 1.165) is 36.2 Å². The van der Waals surface area contributed by atoms with E-state index in [0.29, 0.717) is 12.5 Å². The van der Waals surface area contributed by atoms with Gasteiger partial charge in [-0.15, -0.1) is 0 Å². The van der Waals surface area contributed by atoms with E-state index in [9.17, 15) is 4.79 Å². The van der Waals surface area contributed by atoms with Gasteiger partial charge in [-0.25, -0.2) is 0 Å². The molecular formula is C20H23BrN2O. The minimum absolute atomic E-state index is 0.217. The van der Waals surface area contributed by atoms with E-state index in [-0.39, 0.29) is 5.91 Å². The van der Waals surface area contributed by atoms with E-state index in [1.807, 2.05) is 29.2 Å². The Kier molecular flexibility index (Phi) is 5.69. The lowest BCUT2D eigenvalue weighted by Gasteiger charge is -2.38. The second kappa shape index (κ2) is 7.95. The summed E-state index contributed by atoms with van der Waals surface area (Å²) in [6.45, 7) is 5.71. The van der Waals surface area contributed by atoms with Crippen molar-refractivity contribution in [3.8, 4) is 0 Å². The van der Waals surface area contributed by atoms with E-state index in [1.165, 1.54) is 5.56 Å². The number of halogens is 1. The summed E-state index contributed by atoms with van der Waals surface area (Å²) in [7, 11) is 0. The van der Waals surface area contributed by atoms with Crippen molar-refractivity contribution in [2.45, 2.75) is 19.4 Å². The zero-order valence-corrected chi connectivity index (χ0v) is 15.6. The number of rotatable bonds is 4. The van der Waals surface area contributed by atoms with Crippen LogP contribution in [0.3, 0.4) is 0 Å². The van der Waals surface area contributed by atoms with Crippen molar-refractivity contribution < 1.29 is 4.79 Å². The number of piperazine rings is 1. The Hall–Kier alpha value is -1.65. The first-order chi connectivity index (χ1) is 11.6. The maximum atomic E-state index is 12.6. The highest BCUT2D eigenvalue weighted by Gasteiger charge is 2.24. The molecule has 3 nitrogen and oxygen atoms in total. The number of amides is 1. The molecule has 1 atom stereocenters. The summed E-state index contributed by atoms with van der Waals surface area (Å²) >= 11 is 3.52. The molecule has 3 rings (SSSR count). The third-order valence-electron chi connectivity index (χ3n) is 4.80. The van der Waals surface area contributed by atoms with Crippen LogP contribution in [0, 0.1) is 0 Å². The third kappa shape index (κ3) is 4.05. The number of carbonyl (C=O) groups excluding carboxylic acids is 1. The van der Waals surface area contributed by atoms with Crippen molar-refractivity contribution in [2.75, 3.05) is 26.2 Å². The Labute approximate surface area is 152 Å². The second-order valence-corrected chi connectivity index (χ2v) is 7.13. The third-order valence-corrected chi connectivity index (χ3v) is 5.57. The van der Waals surface area contributed by atoms with E-state index in [1.54, 1.807) is 0 Å². The molecule has 1 unspecified atom stereocenters. The highest BCUT2D eigenvalue weighted by molar-refractivity contribution is 9.10. The van der Waals surface area contributed by atoms with E-state index in [2.05, 4.69) is 58.1 Å². The smallest absolute Gasteiger partial charge is 0.227 e. The van der Waals surface area contributed by atoms with Crippen LogP contribution in [0.15, 0.2) is 59.1 Å². The van der Waals surface area contributed by atoms with Crippen molar-refractivity contribution >= 4 is 21.8 Å². The van der Waals surface area contributed by atoms with Gasteiger partial charge in [0, 0.05) is 36.7 Å². The Morgan fingerprint density at radius 3 is 2.29 bits per heavy atom. The number of benzene rings is 2. The monoisotopic (exact) mass is 386 g/mol. The molecule has 24 heavy (non-hydrogen) atoms. The summed E-state index contributed by atoms with van der Waals surface area (Å²) in [6, 6.07) is 18.9. The predicted octanol–water partition coefficient (Wildman–Crippen LogP) is 3.90. The molecule has 0 bridgehead atoms. The number of nitrogens with zero attached hydrogens (tertiary/aromatic N) is 2. The van der Waals surface area contributed by atoms with Crippen molar-refractivity contribution in [3.63, 3.8) is 0 Å². The van der Waals surface area contributed by atoms with Gasteiger partial charge in [-0.05, 0) is 24.1 Å². The molecule has 1 fully saturated rings. The van der Waals surface area contributed by atoms with E-state index < -0.39 is 0 Å². The molecule has 1 saturated heterocycles. The second-order valence-electron chi connectivity index (χ2n) is 6.27. The topological polar surface area (TPSA) is 23.6 Å². The normalized spacial score (nSPS) is 16.8. The maximum Gasteiger partial charge on any atom is 0.227 e. The first kappa shape index (κ1) is 17.2. The lowest BCUT2D eigenvalue weighted by Crippen LogP contribution is -2.49. The van der Waals surface area contributed by atoms with E-state index >= 15 is 0 Å². The molecule has 0 spiro atoms. The van der Waals surface area contributed by atoms with Crippen LogP contribution in [-0.4, -0.2) is 41.9 Å². The van der Waals surface area contributed by atoms with Crippen molar-refractivity contribution in [3.05, 3.63) is 70.2 Å². The number of hydrogen-bond donors (Lipinski definition) is 0. The zero-order chi connectivity index (χ0) is 16.9. The maximum absolute atomic E-state index is 12.6. The molecule has 2 aromatic rings. The van der Waals surface area contributed by atoms with Gasteiger partial charge in [0.25, 0.3) is 0 Å². The van der Waals surface area contributed by atoms with Crippen molar-refractivity contribution in [1.29, 1.82) is 0 Å². The minimum atomic E-state index is 0.217. The molecule has 2 aromatic carbocycles. The summed E-state index contributed by atoms with van der Waals surface area (Å²) in [4.78, 5) is 17.0. The fourth-order valence-corrected chi connectivity index (χ4v) is 3.64. The standard InChI is InChI=1S/C20H23BrN2O/c1-16(17-7-3-2-4-8-17)22-11-13-23(14-12-22)20(24)15-18-9-5-6-10-19(18)21/h2-10,16H,11-15H2,1H3. The lowest BCUT2D eigenvalue weighted by molar-refractivity contribution is -0.132. The summed E-state index contributed by atoms with van der Waals surface area (Å²) in [5.41, 5.74) is 2.40. The van der Waals surface area contributed by atoms with Crippen molar-refractivity contribution in [2.24, 2.45) is 0 Å². The van der Waals surface area contributed by atoms with Gasteiger partial charge in [0.2, 0.25) is 5.91 Å². The van der Waals surface area contributed by atoms with Gasteiger partial charge in [-0.3, -0.25) is 9.69 Å². The number of carbonyl (C=O) groups is 1. The Morgan fingerprint density at radius 1 is 1.00 bits per heavy atom. The molecule has 1 heterocycles. The zero-order valence-electron chi connectivity index (χ0n) is 14.0. The Balaban J connectivity index is 1.55. The molecule has 4 heteroatoms. The van der Waals surface area contributed by atoms with Gasteiger partial charge in [0.05, 0.1) is 6.42 Å². The molecular weight excluding hydrogens is 364 g/mol.